The van der Waals surface area contributed by atoms with Crippen LogP contribution < -0.4 is 5.32 Å². The number of rotatable bonds is 1. The molecule has 0 amide bonds. The summed E-state index contributed by atoms with van der Waals surface area (Å²) in [6, 6.07) is 4.96. The fourth-order valence-electron chi connectivity index (χ4n) is 3.54. The van der Waals surface area contributed by atoms with Crippen LogP contribution in [0.4, 0.5) is 0 Å². The van der Waals surface area contributed by atoms with Crippen LogP contribution in [0.2, 0.25) is 0 Å². The Balaban J connectivity index is 1.90. The summed E-state index contributed by atoms with van der Waals surface area (Å²) in [5.41, 5.74) is 4.67. The summed E-state index contributed by atoms with van der Waals surface area (Å²) in [6.45, 7) is 3.31. The number of hydrogen-bond donors (Lipinski definition) is 1. The smallest absolute Gasteiger partial charge is 0.104 e. The molecule has 2 aromatic rings. The number of aryl methyl sites for hydroxylation is 1. The topological polar surface area (TPSA) is 17.0 Å². The molecule has 1 atom stereocenters. The predicted molar refractivity (Wildman–Crippen MR) is 80.2 cm³/mol. The van der Waals surface area contributed by atoms with Crippen LogP contribution in [0.1, 0.15) is 53.9 Å². The van der Waals surface area contributed by atoms with Gasteiger partial charge in [0.2, 0.25) is 0 Å². The Labute approximate surface area is 118 Å². The number of nitrogens with zero attached hydrogens (tertiary/aromatic N) is 1. The van der Waals surface area contributed by atoms with E-state index < -0.39 is 0 Å². The Hall–Kier alpha value is -1.06. The molecular formula is C16H20N2S. The van der Waals surface area contributed by atoms with Crippen molar-refractivity contribution in [3.63, 3.8) is 0 Å². The van der Waals surface area contributed by atoms with Gasteiger partial charge in [-0.1, -0.05) is 6.92 Å². The van der Waals surface area contributed by atoms with Gasteiger partial charge in [0.05, 0.1) is 0 Å². The first-order valence-electron chi connectivity index (χ1n) is 7.43. The summed E-state index contributed by atoms with van der Waals surface area (Å²) in [4.78, 5) is 1.65. The Kier molecular flexibility index (Phi) is 2.78. The Morgan fingerprint density at radius 1 is 1.32 bits per heavy atom. The van der Waals surface area contributed by atoms with E-state index in [0.717, 1.165) is 13.0 Å². The zero-order valence-electron chi connectivity index (χ0n) is 11.4. The molecule has 2 aliphatic rings. The number of nitrogens with one attached hydrogen (secondary N) is 1. The highest BCUT2D eigenvalue weighted by atomic mass is 32.1. The van der Waals surface area contributed by atoms with E-state index in [0.29, 0.717) is 6.04 Å². The van der Waals surface area contributed by atoms with E-state index >= 15 is 0 Å². The van der Waals surface area contributed by atoms with Crippen LogP contribution in [0, 0.1) is 0 Å². The highest BCUT2D eigenvalue weighted by Gasteiger charge is 2.26. The van der Waals surface area contributed by atoms with Gasteiger partial charge in [-0.2, -0.15) is 0 Å². The molecule has 3 heterocycles. The van der Waals surface area contributed by atoms with Crippen LogP contribution in [0.25, 0.3) is 5.00 Å². The maximum absolute atomic E-state index is 3.75. The van der Waals surface area contributed by atoms with E-state index in [4.69, 9.17) is 0 Å². The lowest BCUT2D eigenvalue weighted by Gasteiger charge is -2.16. The van der Waals surface area contributed by atoms with Gasteiger partial charge in [-0.15, -0.1) is 11.3 Å². The summed E-state index contributed by atoms with van der Waals surface area (Å²) in [5, 5.41) is 5.23. The van der Waals surface area contributed by atoms with E-state index in [1.54, 1.807) is 16.0 Å². The van der Waals surface area contributed by atoms with Crippen LogP contribution in [0.15, 0.2) is 18.3 Å². The highest BCUT2D eigenvalue weighted by Crippen LogP contribution is 2.40. The standard InChI is InChI=1S/C16H20N2S/c1-2-13-14-7-5-9-18(14)16-12(10-17-13)11-6-3-4-8-15(11)19-16/h5,7,9,13,17H,2-4,6,8,10H2,1H3/t13-/m1/s1. The van der Waals surface area contributed by atoms with Crippen molar-refractivity contribution in [2.24, 2.45) is 0 Å². The number of fused-ring (bicyclic) bond motifs is 5. The third kappa shape index (κ3) is 1.72. The predicted octanol–water partition coefficient (Wildman–Crippen LogP) is 3.97. The Morgan fingerprint density at radius 2 is 2.21 bits per heavy atom. The lowest BCUT2D eigenvalue weighted by atomic mass is 9.95. The molecule has 19 heavy (non-hydrogen) atoms. The molecule has 3 heteroatoms. The van der Waals surface area contributed by atoms with E-state index in [1.807, 2.05) is 11.3 Å². The Bertz CT molecular complexity index is 608. The summed E-state index contributed by atoms with van der Waals surface area (Å²) in [7, 11) is 0. The van der Waals surface area contributed by atoms with Crippen LogP contribution in [-0.4, -0.2) is 4.57 Å². The van der Waals surface area contributed by atoms with Crippen LogP contribution in [-0.2, 0) is 19.4 Å². The van der Waals surface area contributed by atoms with Crippen molar-refractivity contribution in [1.82, 2.24) is 9.88 Å². The number of aromatic nitrogens is 1. The van der Waals surface area contributed by atoms with Gasteiger partial charge in [0.1, 0.15) is 5.00 Å². The second-order valence-corrected chi connectivity index (χ2v) is 6.72. The van der Waals surface area contributed by atoms with Crippen LogP contribution >= 0.6 is 11.3 Å². The average Bonchev–Trinajstić information content (AvgIpc) is 3.01. The van der Waals surface area contributed by atoms with Gasteiger partial charge < -0.3 is 9.88 Å². The van der Waals surface area contributed by atoms with E-state index in [2.05, 4.69) is 35.1 Å². The van der Waals surface area contributed by atoms with E-state index in [1.165, 1.54) is 36.4 Å². The van der Waals surface area contributed by atoms with Gasteiger partial charge in [-0.25, -0.2) is 0 Å². The van der Waals surface area contributed by atoms with Crippen LogP contribution in [0.3, 0.4) is 0 Å². The maximum Gasteiger partial charge on any atom is 0.104 e. The molecular weight excluding hydrogens is 252 g/mol. The molecule has 1 aliphatic carbocycles. The summed E-state index contributed by atoms with van der Waals surface area (Å²) >= 11 is 2.03. The molecule has 2 nitrogen and oxygen atoms in total. The summed E-state index contributed by atoms with van der Waals surface area (Å²) in [5.74, 6) is 0. The van der Waals surface area contributed by atoms with Crippen LogP contribution in [0.5, 0.6) is 0 Å². The van der Waals surface area contributed by atoms with E-state index in [-0.39, 0.29) is 0 Å². The second kappa shape index (κ2) is 4.50. The molecule has 0 aromatic carbocycles. The van der Waals surface area contributed by atoms with Crippen molar-refractivity contribution in [2.75, 3.05) is 0 Å². The van der Waals surface area contributed by atoms with Gasteiger partial charge in [-0.3, -0.25) is 0 Å². The minimum Gasteiger partial charge on any atom is -0.311 e. The quantitative estimate of drug-likeness (QED) is 0.831. The van der Waals surface area contributed by atoms with Gasteiger partial charge in [-0.05, 0) is 49.8 Å². The molecule has 0 saturated carbocycles. The van der Waals surface area contributed by atoms with E-state index in [9.17, 15) is 0 Å². The molecule has 0 saturated heterocycles. The summed E-state index contributed by atoms with van der Waals surface area (Å²) in [6.07, 6.45) is 8.71. The molecule has 0 radical (unpaired) electrons. The molecule has 1 aliphatic heterocycles. The fraction of sp³-hybridized carbons (Fsp3) is 0.500. The maximum atomic E-state index is 3.75. The largest absolute Gasteiger partial charge is 0.311 e. The molecule has 1 N–H and O–H groups in total. The first kappa shape index (κ1) is 11.7. The minimum absolute atomic E-state index is 0.494. The molecule has 2 aromatic heterocycles. The number of thiophene rings is 1. The third-order valence-corrected chi connectivity index (χ3v) is 5.88. The lowest BCUT2D eigenvalue weighted by molar-refractivity contribution is 0.511. The first-order valence-corrected chi connectivity index (χ1v) is 8.24. The zero-order valence-corrected chi connectivity index (χ0v) is 12.2. The third-order valence-electron chi connectivity index (χ3n) is 4.55. The fourth-order valence-corrected chi connectivity index (χ4v) is 4.95. The number of hydrogen-bond acceptors (Lipinski definition) is 2. The van der Waals surface area contributed by atoms with Gasteiger partial charge in [0.25, 0.3) is 0 Å². The van der Waals surface area contributed by atoms with Crippen molar-refractivity contribution in [2.45, 2.75) is 51.6 Å². The van der Waals surface area contributed by atoms with Crippen molar-refractivity contribution in [3.05, 3.63) is 40.0 Å². The Morgan fingerprint density at radius 3 is 3.11 bits per heavy atom. The van der Waals surface area contributed by atoms with Crippen molar-refractivity contribution >= 4 is 11.3 Å². The van der Waals surface area contributed by atoms with Crippen molar-refractivity contribution < 1.29 is 0 Å². The van der Waals surface area contributed by atoms with Gasteiger partial charge in [0.15, 0.2) is 0 Å². The summed E-state index contributed by atoms with van der Waals surface area (Å²) < 4.78 is 2.44. The molecule has 100 valence electrons. The molecule has 0 fully saturated rings. The van der Waals surface area contributed by atoms with Gasteiger partial charge >= 0.3 is 0 Å². The normalized spacial score (nSPS) is 21.4. The molecule has 0 spiro atoms. The second-order valence-electron chi connectivity index (χ2n) is 5.64. The van der Waals surface area contributed by atoms with Gasteiger partial charge in [0, 0.05) is 34.9 Å². The first-order chi connectivity index (χ1) is 9.38. The lowest BCUT2D eigenvalue weighted by Crippen LogP contribution is -2.20. The molecule has 0 unspecified atom stereocenters. The van der Waals surface area contributed by atoms with Crippen molar-refractivity contribution in [1.29, 1.82) is 0 Å². The monoisotopic (exact) mass is 272 g/mol. The zero-order chi connectivity index (χ0) is 12.8. The molecule has 4 rings (SSSR count). The average molecular weight is 272 g/mol. The highest BCUT2D eigenvalue weighted by molar-refractivity contribution is 7.15. The SMILES string of the molecule is CC[C@H]1NCc2c(sc3c2CCCC3)-n2cccc21. The van der Waals surface area contributed by atoms with Crippen molar-refractivity contribution in [3.8, 4) is 5.00 Å². The molecule has 0 bridgehead atoms. The minimum atomic E-state index is 0.494.